The van der Waals surface area contributed by atoms with Crippen molar-refractivity contribution in [2.24, 2.45) is 0 Å². The number of aryl methyl sites for hydroxylation is 1. The molecule has 0 radical (unpaired) electrons. The molecule has 2 aromatic rings. The molecule has 2 rings (SSSR count). The minimum absolute atomic E-state index is 0.181. The van der Waals surface area contributed by atoms with Gasteiger partial charge in [0.25, 0.3) is 0 Å². The Balaban J connectivity index is 1.87. The van der Waals surface area contributed by atoms with Crippen molar-refractivity contribution in [3.63, 3.8) is 0 Å². The zero-order valence-corrected chi connectivity index (χ0v) is 12.0. The number of Topliss-reactive ketones (excluding diaryl/α,β-unsaturated/α-hetero) is 1. The fraction of sp³-hybridized carbons (Fsp3) is 0.294. The monoisotopic (exact) mass is 268 g/mol. The third-order valence-corrected chi connectivity index (χ3v) is 3.39. The summed E-state index contributed by atoms with van der Waals surface area (Å²) < 4.78 is 0. The van der Waals surface area contributed by atoms with E-state index in [0.29, 0.717) is 6.54 Å². The van der Waals surface area contributed by atoms with E-state index in [9.17, 15) is 4.79 Å². The summed E-state index contributed by atoms with van der Waals surface area (Å²) >= 11 is 0. The Labute approximate surface area is 120 Å². The molecule has 1 aromatic carbocycles. The second-order valence-electron chi connectivity index (χ2n) is 5.08. The van der Waals surface area contributed by atoms with Crippen LogP contribution < -0.4 is 0 Å². The molecule has 3 nitrogen and oxygen atoms in total. The van der Waals surface area contributed by atoms with Crippen LogP contribution in [0.15, 0.2) is 48.8 Å². The Morgan fingerprint density at radius 3 is 2.55 bits per heavy atom. The molecule has 0 saturated carbocycles. The average Bonchev–Trinajstić information content (AvgIpc) is 2.46. The first kappa shape index (κ1) is 14.4. The van der Waals surface area contributed by atoms with Crippen LogP contribution in [0.1, 0.15) is 21.5 Å². The van der Waals surface area contributed by atoms with Gasteiger partial charge in [0, 0.05) is 24.5 Å². The summed E-state index contributed by atoms with van der Waals surface area (Å²) in [5.74, 6) is 0.181. The molecule has 104 valence electrons. The topological polar surface area (TPSA) is 33.2 Å². The Hall–Kier alpha value is -2.00. The maximum absolute atomic E-state index is 12.2. The molecule has 20 heavy (non-hydrogen) atoms. The molecule has 0 amide bonds. The number of nitrogens with zero attached hydrogens (tertiary/aromatic N) is 2. The van der Waals surface area contributed by atoms with Gasteiger partial charge in [-0.25, -0.2) is 0 Å². The van der Waals surface area contributed by atoms with Gasteiger partial charge in [-0.1, -0.05) is 24.3 Å². The number of hydrogen-bond acceptors (Lipinski definition) is 3. The second-order valence-corrected chi connectivity index (χ2v) is 5.08. The summed E-state index contributed by atoms with van der Waals surface area (Å²) in [5, 5.41) is 0. The number of ketones is 1. The van der Waals surface area contributed by atoms with Gasteiger partial charge in [-0.3, -0.25) is 14.7 Å². The Morgan fingerprint density at radius 1 is 1.15 bits per heavy atom. The van der Waals surface area contributed by atoms with Crippen molar-refractivity contribution >= 4 is 5.78 Å². The van der Waals surface area contributed by atoms with Crippen molar-refractivity contribution in [2.75, 3.05) is 20.1 Å². The number of carbonyl (C=O) groups excluding carboxylic acids is 1. The van der Waals surface area contributed by atoms with E-state index in [-0.39, 0.29) is 5.78 Å². The zero-order chi connectivity index (χ0) is 14.4. The number of carbonyl (C=O) groups is 1. The first-order valence-corrected chi connectivity index (χ1v) is 6.83. The lowest BCUT2D eigenvalue weighted by atomic mass is 10.0. The Bertz CT molecular complexity index is 566. The summed E-state index contributed by atoms with van der Waals surface area (Å²) in [4.78, 5) is 18.3. The van der Waals surface area contributed by atoms with Crippen LogP contribution in [0.4, 0.5) is 0 Å². The maximum atomic E-state index is 12.2. The molecule has 0 saturated heterocycles. The van der Waals surface area contributed by atoms with Crippen molar-refractivity contribution in [2.45, 2.75) is 13.3 Å². The van der Waals surface area contributed by atoms with E-state index in [1.165, 1.54) is 5.56 Å². The highest BCUT2D eigenvalue weighted by Gasteiger charge is 2.11. The van der Waals surface area contributed by atoms with E-state index in [2.05, 4.69) is 9.88 Å². The molecule has 0 aliphatic carbocycles. The lowest BCUT2D eigenvalue weighted by Gasteiger charge is -2.16. The van der Waals surface area contributed by atoms with Crippen molar-refractivity contribution in [3.8, 4) is 0 Å². The fourth-order valence-electron chi connectivity index (χ4n) is 2.16. The van der Waals surface area contributed by atoms with Crippen LogP contribution in [0.2, 0.25) is 0 Å². The smallest absolute Gasteiger partial charge is 0.177 e. The van der Waals surface area contributed by atoms with Crippen LogP contribution in [0.5, 0.6) is 0 Å². The van der Waals surface area contributed by atoms with Gasteiger partial charge in [-0.15, -0.1) is 0 Å². The van der Waals surface area contributed by atoms with Gasteiger partial charge in [0.1, 0.15) is 0 Å². The molecule has 0 spiro atoms. The molecule has 0 unspecified atom stereocenters. The van der Waals surface area contributed by atoms with Crippen LogP contribution in [0, 0.1) is 6.92 Å². The van der Waals surface area contributed by atoms with Gasteiger partial charge < -0.3 is 0 Å². The summed E-state index contributed by atoms with van der Waals surface area (Å²) in [6, 6.07) is 11.8. The van der Waals surface area contributed by atoms with E-state index in [1.54, 1.807) is 12.4 Å². The molecule has 0 atom stereocenters. The number of likely N-dealkylation sites (N-methyl/N-ethyl adjacent to an activating group) is 1. The second kappa shape index (κ2) is 6.96. The highest BCUT2D eigenvalue weighted by molar-refractivity contribution is 5.98. The summed E-state index contributed by atoms with van der Waals surface area (Å²) in [7, 11) is 1.98. The first-order valence-electron chi connectivity index (χ1n) is 6.83. The van der Waals surface area contributed by atoms with Gasteiger partial charge in [-0.2, -0.15) is 0 Å². The predicted octanol–water partition coefficient (Wildman–Crippen LogP) is 2.75. The van der Waals surface area contributed by atoms with E-state index in [4.69, 9.17) is 0 Å². The quantitative estimate of drug-likeness (QED) is 0.755. The summed E-state index contributed by atoms with van der Waals surface area (Å²) in [6.45, 7) is 3.29. The van der Waals surface area contributed by atoms with Crippen LogP contribution >= 0.6 is 0 Å². The van der Waals surface area contributed by atoms with Crippen LogP contribution in [-0.2, 0) is 6.42 Å². The molecule has 0 fully saturated rings. The van der Waals surface area contributed by atoms with E-state index < -0.39 is 0 Å². The van der Waals surface area contributed by atoms with Gasteiger partial charge >= 0.3 is 0 Å². The van der Waals surface area contributed by atoms with Crippen molar-refractivity contribution in [1.29, 1.82) is 0 Å². The molecule has 1 heterocycles. The molecule has 1 aromatic heterocycles. The molecule has 0 aliphatic heterocycles. The van der Waals surface area contributed by atoms with E-state index >= 15 is 0 Å². The molecule has 0 N–H and O–H groups in total. The van der Waals surface area contributed by atoms with Crippen molar-refractivity contribution < 1.29 is 4.79 Å². The molecular formula is C17H20N2O. The predicted molar refractivity (Wildman–Crippen MR) is 80.9 cm³/mol. The number of hydrogen-bond donors (Lipinski definition) is 0. The zero-order valence-electron chi connectivity index (χ0n) is 12.0. The number of benzene rings is 1. The first-order chi connectivity index (χ1) is 9.66. The van der Waals surface area contributed by atoms with Gasteiger partial charge in [-0.05, 0) is 43.7 Å². The van der Waals surface area contributed by atoms with Gasteiger partial charge in [0.15, 0.2) is 5.78 Å². The van der Waals surface area contributed by atoms with E-state index in [1.807, 2.05) is 50.4 Å². The SMILES string of the molecule is Cc1ccccc1C(=O)CN(C)CCc1ccncc1. The van der Waals surface area contributed by atoms with Crippen molar-refractivity contribution in [1.82, 2.24) is 9.88 Å². The van der Waals surface area contributed by atoms with Crippen LogP contribution in [0.3, 0.4) is 0 Å². The average molecular weight is 268 g/mol. The lowest BCUT2D eigenvalue weighted by molar-refractivity contribution is 0.0946. The minimum Gasteiger partial charge on any atom is -0.299 e. The molecular weight excluding hydrogens is 248 g/mol. The Morgan fingerprint density at radius 2 is 1.85 bits per heavy atom. The standard InChI is InChI=1S/C17H20N2O/c1-14-5-3-4-6-16(14)17(20)13-19(2)12-9-15-7-10-18-11-8-15/h3-8,10-11H,9,12-13H2,1-2H3. The van der Waals surface area contributed by atoms with Crippen LogP contribution in [0.25, 0.3) is 0 Å². The van der Waals surface area contributed by atoms with Crippen molar-refractivity contribution in [3.05, 3.63) is 65.5 Å². The highest BCUT2D eigenvalue weighted by Crippen LogP contribution is 2.08. The number of pyridine rings is 1. The summed E-state index contributed by atoms with van der Waals surface area (Å²) in [5.41, 5.74) is 3.11. The fourth-order valence-corrected chi connectivity index (χ4v) is 2.16. The molecule has 0 bridgehead atoms. The van der Waals surface area contributed by atoms with Crippen LogP contribution in [-0.4, -0.2) is 35.8 Å². The number of aromatic nitrogens is 1. The minimum atomic E-state index is 0.181. The third-order valence-electron chi connectivity index (χ3n) is 3.39. The number of rotatable bonds is 6. The molecule has 0 aliphatic rings. The van der Waals surface area contributed by atoms with E-state index in [0.717, 1.165) is 24.1 Å². The normalized spacial score (nSPS) is 10.8. The molecule has 3 heteroatoms. The Kier molecular flexibility index (Phi) is 5.02. The van der Waals surface area contributed by atoms with Gasteiger partial charge in [0.05, 0.1) is 6.54 Å². The highest BCUT2D eigenvalue weighted by atomic mass is 16.1. The maximum Gasteiger partial charge on any atom is 0.177 e. The summed E-state index contributed by atoms with van der Waals surface area (Å²) in [6.07, 6.45) is 4.53. The largest absolute Gasteiger partial charge is 0.299 e. The third kappa shape index (κ3) is 4.00. The lowest BCUT2D eigenvalue weighted by Crippen LogP contribution is -2.28. The van der Waals surface area contributed by atoms with Gasteiger partial charge in [0.2, 0.25) is 0 Å².